The Morgan fingerprint density at radius 1 is 1.31 bits per heavy atom. The molecule has 0 aliphatic heterocycles. The van der Waals surface area contributed by atoms with Crippen LogP contribution in [-0.2, 0) is 0 Å². The average molecular weight is 268 g/mol. The molecule has 2 rings (SSSR count). The van der Waals surface area contributed by atoms with E-state index < -0.39 is 0 Å². The molecule has 0 amide bonds. The summed E-state index contributed by atoms with van der Waals surface area (Å²) in [4.78, 5) is 0.817. The number of aromatic nitrogens is 1. The fourth-order valence-corrected chi connectivity index (χ4v) is 2.51. The van der Waals surface area contributed by atoms with Gasteiger partial charge >= 0.3 is 0 Å². The molecular weight excluding hydrogens is 263 g/mol. The summed E-state index contributed by atoms with van der Waals surface area (Å²) >= 11 is 13.3. The third-order valence-corrected chi connectivity index (χ3v) is 3.62. The van der Waals surface area contributed by atoms with Gasteiger partial charge in [-0.25, -0.2) is 4.57 Å². The van der Waals surface area contributed by atoms with E-state index in [2.05, 4.69) is 6.20 Å². The predicted molar refractivity (Wildman–Crippen MR) is 64.9 cm³/mol. The Hall–Kier alpha value is -1.08. The van der Waals surface area contributed by atoms with Gasteiger partial charge in [-0.2, -0.15) is 5.26 Å². The maximum Gasteiger partial charge on any atom is 0.189 e. The SMILES string of the molecule is N#Cn1[c]ccc1Sc1cc(Cl)ccc1Cl. The van der Waals surface area contributed by atoms with Crippen LogP contribution in [0.2, 0.25) is 10.0 Å². The molecule has 0 N–H and O–H groups in total. The molecule has 0 bridgehead atoms. The summed E-state index contributed by atoms with van der Waals surface area (Å²) in [6, 6.07) is 8.71. The topological polar surface area (TPSA) is 28.7 Å². The van der Waals surface area contributed by atoms with Gasteiger partial charge in [-0.1, -0.05) is 35.0 Å². The zero-order valence-corrected chi connectivity index (χ0v) is 10.3. The molecule has 0 aliphatic rings. The zero-order chi connectivity index (χ0) is 11.5. The molecule has 0 saturated heterocycles. The summed E-state index contributed by atoms with van der Waals surface area (Å²) in [6.07, 6.45) is 4.76. The fourth-order valence-electron chi connectivity index (χ4n) is 1.15. The summed E-state index contributed by atoms with van der Waals surface area (Å²) in [7, 11) is 0. The number of halogens is 2. The predicted octanol–water partition coefficient (Wildman–Crippen LogP) is 4.08. The number of hydrogen-bond donors (Lipinski definition) is 0. The molecule has 0 saturated carbocycles. The Balaban J connectivity index is 2.34. The van der Waals surface area contributed by atoms with Gasteiger partial charge in [0.1, 0.15) is 0 Å². The fraction of sp³-hybridized carbons (Fsp3) is 0. The highest BCUT2D eigenvalue weighted by Gasteiger charge is 2.07. The Kier molecular flexibility index (Phi) is 3.45. The van der Waals surface area contributed by atoms with Crippen molar-refractivity contribution >= 4 is 35.0 Å². The van der Waals surface area contributed by atoms with Gasteiger partial charge in [0.15, 0.2) is 6.19 Å². The van der Waals surface area contributed by atoms with E-state index in [0.29, 0.717) is 10.0 Å². The van der Waals surface area contributed by atoms with Crippen LogP contribution >= 0.6 is 35.0 Å². The van der Waals surface area contributed by atoms with E-state index in [0.717, 1.165) is 9.92 Å². The zero-order valence-electron chi connectivity index (χ0n) is 7.95. The monoisotopic (exact) mass is 267 g/mol. The summed E-state index contributed by atoms with van der Waals surface area (Å²) in [6.45, 7) is 0. The normalized spacial score (nSPS) is 10.1. The number of nitriles is 1. The molecule has 1 radical (unpaired) electrons. The van der Waals surface area contributed by atoms with Gasteiger partial charge in [-0.05, 0) is 30.3 Å². The highest BCUT2D eigenvalue weighted by molar-refractivity contribution is 7.99. The summed E-state index contributed by atoms with van der Waals surface area (Å²) in [5, 5.41) is 10.8. The lowest BCUT2D eigenvalue weighted by Crippen LogP contribution is -1.87. The third-order valence-electron chi connectivity index (χ3n) is 1.86. The molecule has 16 heavy (non-hydrogen) atoms. The second-order valence-corrected chi connectivity index (χ2v) is 4.82. The van der Waals surface area contributed by atoms with Crippen molar-refractivity contribution < 1.29 is 0 Å². The van der Waals surface area contributed by atoms with Gasteiger partial charge in [-0.3, -0.25) is 0 Å². The van der Waals surface area contributed by atoms with Crippen molar-refractivity contribution in [3.63, 3.8) is 0 Å². The van der Waals surface area contributed by atoms with Crippen molar-refractivity contribution in [3.05, 3.63) is 46.6 Å². The van der Waals surface area contributed by atoms with Gasteiger partial charge in [-0.15, -0.1) is 0 Å². The first-order valence-corrected chi connectivity index (χ1v) is 5.90. The van der Waals surface area contributed by atoms with E-state index in [9.17, 15) is 0 Å². The van der Waals surface area contributed by atoms with Crippen LogP contribution in [0.5, 0.6) is 0 Å². The number of hydrogen-bond acceptors (Lipinski definition) is 2. The quantitative estimate of drug-likeness (QED) is 0.821. The molecule has 1 heterocycles. The van der Waals surface area contributed by atoms with Crippen molar-refractivity contribution in [3.8, 4) is 6.19 Å². The van der Waals surface area contributed by atoms with Crippen molar-refractivity contribution in [1.29, 1.82) is 5.26 Å². The van der Waals surface area contributed by atoms with E-state index in [1.807, 2.05) is 6.19 Å². The van der Waals surface area contributed by atoms with Gasteiger partial charge < -0.3 is 0 Å². The van der Waals surface area contributed by atoms with Crippen LogP contribution in [0.1, 0.15) is 0 Å². The second-order valence-electron chi connectivity index (χ2n) is 2.91. The lowest BCUT2D eigenvalue weighted by atomic mass is 10.4. The third kappa shape index (κ3) is 2.35. The van der Waals surface area contributed by atoms with E-state index in [1.165, 1.54) is 16.3 Å². The molecule has 0 fully saturated rings. The van der Waals surface area contributed by atoms with Crippen LogP contribution in [-0.4, -0.2) is 4.57 Å². The molecule has 0 unspecified atom stereocenters. The lowest BCUT2D eigenvalue weighted by Gasteiger charge is -2.04. The van der Waals surface area contributed by atoms with E-state index in [-0.39, 0.29) is 0 Å². The van der Waals surface area contributed by atoms with E-state index >= 15 is 0 Å². The van der Waals surface area contributed by atoms with Crippen LogP contribution in [0.3, 0.4) is 0 Å². The lowest BCUT2D eigenvalue weighted by molar-refractivity contribution is 0.967. The molecular formula is C11H5Cl2N2S. The molecule has 0 aliphatic carbocycles. The van der Waals surface area contributed by atoms with Crippen LogP contribution in [0.4, 0.5) is 0 Å². The molecule has 0 atom stereocenters. The Morgan fingerprint density at radius 2 is 2.12 bits per heavy atom. The second kappa shape index (κ2) is 4.84. The Bertz CT molecular complexity index is 557. The minimum absolute atomic E-state index is 0.611. The molecule has 2 aromatic rings. The molecule has 1 aromatic heterocycles. The summed E-state index contributed by atoms with van der Waals surface area (Å²) < 4.78 is 1.35. The first kappa shape index (κ1) is 11.4. The Labute approximate surface area is 107 Å². The van der Waals surface area contributed by atoms with Crippen LogP contribution in [0.25, 0.3) is 0 Å². The summed E-state index contributed by atoms with van der Waals surface area (Å²) in [5.41, 5.74) is 0. The van der Waals surface area contributed by atoms with E-state index in [1.54, 1.807) is 30.3 Å². The van der Waals surface area contributed by atoms with Gasteiger partial charge in [0.25, 0.3) is 0 Å². The minimum atomic E-state index is 0.611. The van der Waals surface area contributed by atoms with E-state index in [4.69, 9.17) is 28.5 Å². The average Bonchev–Trinajstić information content (AvgIpc) is 2.71. The number of rotatable bonds is 2. The maximum atomic E-state index is 8.82. The first-order chi connectivity index (χ1) is 7.70. The van der Waals surface area contributed by atoms with Gasteiger partial charge in [0.2, 0.25) is 0 Å². The number of nitrogens with zero attached hydrogens (tertiary/aromatic N) is 2. The smallest absolute Gasteiger partial charge is 0.189 e. The van der Waals surface area contributed by atoms with Gasteiger partial charge in [0, 0.05) is 9.92 Å². The molecule has 0 spiro atoms. The largest absolute Gasteiger partial charge is 0.239 e. The van der Waals surface area contributed by atoms with Crippen molar-refractivity contribution in [1.82, 2.24) is 4.57 Å². The molecule has 1 aromatic carbocycles. The Morgan fingerprint density at radius 3 is 2.88 bits per heavy atom. The highest BCUT2D eigenvalue weighted by Crippen LogP contribution is 2.34. The first-order valence-electron chi connectivity index (χ1n) is 4.33. The van der Waals surface area contributed by atoms with Crippen LogP contribution < -0.4 is 0 Å². The standard InChI is InChI=1S/C11H5Cl2N2S/c12-8-3-4-9(13)10(6-8)16-11-2-1-5-15(11)7-14/h1-4,6H. The molecule has 5 heteroatoms. The number of benzene rings is 1. The van der Waals surface area contributed by atoms with Gasteiger partial charge in [0.05, 0.1) is 16.2 Å². The molecule has 79 valence electrons. The minimum Gasteiger partial charge on any atom is -0.239 e. The van der Waals surface area contributed by atoms with Crippen molar-refractivity contribution in [2.24, 2.45) is 0 Å². The van der Waals surface area contributed by atoms with Crippen molar-refractivity contribution in [2.45, 2.75) is 9.92 Å². The highest BCUT2D eigenvalue weighted by atomic mass is 35.5. The van der Waals surface area contributed by atoms with Crippen LogP contribution in [0.15, 0.2) is 40.3 Å². The molecule has 2 nitrogen and oxygen atoms in total. The maximum absolute atomic E-state index is 8.82. The van der Waals surface area contributed by atoms with Crippen LogP contribution in [0, 0.1) is 17.7 Å². The summed E-state index contributed by atoms with van der Waals surface area (Å²) in [5.74, 6) is 0. The van der Waals surface area contributed by atoms with Crippen molar-refractivity contribution in [2.75, 3.05) is 0 Å².